The summed E-state index contributed by atoms with van der Waals surface area (Å²) in [6.45, 7) is 3.78. The number of rotatable bonds is 5. The minimum Gasteiger partial charge on any atom is -0.480 e. The lowest BCUT2D eigenvalue weighted by Crippen LogP contribution is -2.47. The summed E-state index contributed by atoms with van der Waals surface area (Å²) >= 11 is 0. The van der Waals surface area contributed by atoms with Gasteiger partial charge in [0.15, 0.2) is 0 Å². The molecule has 1 aromatic rings. The summed E-state index contributed by atoms with van der Waals surface area (Å²) in [5.41, 5.74) is 0.583. The normalized spacial score (nSPS) is 18.3. The van der Waals surface area contributed by atoms with Crippen molar-refractivity contribution in [3.05, 3.63) is 35.9 Å². The number of carbonyl (C=O) groups is 3. The molecular formula is C17H22N2O5. The topological polar surface area (TPSA) is 95.9 Å². The van der Waals surface area contributed by atoms with Gasteiger partial charge < -0.3 is 20.1 Å². The van der Waals surface area contributed by atoms with Crippen LogP contribution in [-0.2, 0) is 14.3 Å². The third-order valence-corrected chi connectivity index (χ3v) is 3.81. The number of carboxylic acid groups (broad SMARTS) is 1. The number of likely N-dealkylation sites (tertiary alicyclic amines) is 1. The Bertz CT molecular complexity index is 602. The molecule has 1 unspecified atom stereocenters. The van der Waals surface area contributed by atoms with Crippen molar-refractivity contribution in [2.45, 2.75) is 44.9 Å². The van der Waals surface area contributed by atoms with Crippen LogP contribution in [0.2, 0.25) is 0 Å². The Morgan fingerprint density at radius 1 is 1.25 bits per heavy atom. The molecule has 0 radical (unpaired) electrons. The molecule has 0 aliphatic carbocycles. The van der Waals surface area contributed by atoms with Gasteiger partial charge in [-0.25, -0.2) is 9.59 Å². The van der Waals surface area contributed by atoms with Crippen molar-refractivity contribution >= 4 is 18.0 Å². The van der Waals surface area contributed by atoms with Gasteiger partial charge in [-0.1, -0.05) is 30.3 Å². The second kappa shape index (κ2) is 7.81. The van der Waals surface area contributed by atoms with Crippen LogP contribution in [0.5, 0.6) is 0 Å². The number of hydrogen-bond acceptors (Lipinski definition) is 4. The van der Waals surface area contributed by atoms with Crippen molar-refractivity contribution < 1.29 is 24.2 Å². The Labute approximate surface area is 140 Å². The molecule has 130 valence electrons. The van der Waals surface area contributed by atoms with Gasteiger partial charge in [-0.2, -0.15) is 0 Å². The van der Waals surface area contributed by atoms with Crippen molar-refractivity contribution in [2.24, 2.45) is 0 Å². The van der Waals surface area contributed by atoms with Gasteiger partial charge in [-0.3, -0.25) is 4.79 Å². The molecule has 0 aromatic heterocycles. The molecule has 7 heteroatoms. The molecule has 1 saturated heterocycles. The van der Waals surface area contributed by atoms with Crippen molar-refractivity contribution in [1.29, 1.82) is 0 Å². The lowest BCUT2D eigenvalue weighted by Gasteiger charge is -2.27. The molecule has 0 bridgehead atoms. The Morgan fingerprint density at radius 3 is 2.50 bits per heavy atom. The highest BCUT2D eigenvalue weighted by Gasteiger charge is 2.38. The highest BCUT2D eigenvalue weighted by molar-refractivity contribution is 5.90. The largest absolute Gasteiger partial charge is 0.480 e. The number of benzene rings is 1. The van der Waals surface area contributed by atoms with Gasteiger partial charge >= 0.3 is 12.1 Å². The highest BCUT2D eigenvalue weighted by Crippen LogP contribution is 2.24. The quantitative estimate of drug-likeness (QED) is 0.858. The van der Waals surface area contributed by atoms with Crippen LogP contribution in [0.15, 0.2) is 30.3 Å². The molecule has 1 aliphatic heterocycles. The van der Waals surface area contributed by atoms with E-state index in [0.29, 0.717) is 24.9 Å². The summed E-state index contributed by atoms with van der Waals surface area (Å²) in [6, 6.07) is 6.90. The first-order chi connectivity index (χ1) is 11.4. The van der Waals surface area contributed by atoms with E-state index >= 15 is 0 Å². The van der Waals surface area contributed by atoms with E-state index in [1.165, 1.54) is 4.90 Å². The first-order valence-electron chi connectivity index (χ1n) is 7.95. The SMILES string of the molecule is CC(C)OC(=O)NC(C(=O)N1CCC[C@H]1C(=O)O)c1ccccc1. The zero-order chi connectivity index (χ0) is 17.7. The molecule has 1 aliphatic rings. The maximum atomic E-state index is 12.9. The lowest BCUT2D eigenvalue weighted by atomic mass is 10.1. The second-order valence-electron chi connectivity index (χ2n) is 5.97. The molecule has 0 saturated carbocycles. The minimum atomic E-state index is -1.03. The number of carbonyl (C=O) groups excluding carboxylic acids is 2. The van der Waals surface area contributed by atoms with Crippen LogP contribution in [0.1, 0.15) is 38.3 Å². The Kier molecular flexibility index (Phi) is 5.78. The average Bonchev–Trinajstić information content (AvgIpc) is 3.02. The maximum absolute atomic E-state index is 12.9. The van der Waals surface area contributed by atoms with E-state index in [9.17, 15) is 19.5 Å². The molecule has 2 rings (SSSR count). The van der Waals surface area contributed by atoms with Gasteiger partial charge in [0.1, 0.15) is 12.1 Å². The van der Waals surface area contributed by atoms with E-state index in [-0.39, 0.29) is 6.10 Å². The van der Waals surface area contributed by atoms with E-state index in [2.05, 4.69) is 5.32 Å². The smallest absolute Gasteiger partial charge is 0.408 e. The first-order valence-corrected chi connectivity index (χ1v) is 7.95. The third-order valence-electron chi connectivity index (χ3n) is 3.81. The maximum Gasteiger partial charge on any atom is 0.408 e. The summed E-state index contributed by atoms with van der Waals surface area (Å²) in [4.78, 5) is 37.5. The van der Waals surface area contributed by atoms with E-state index in [4.69, 9.17) is 4.74 Å². The summed E-state index contributed by atoms with van der Waals surface area (Å²) in [5, 5.41) is 11.8. The predicted molar refractivity (Wildman–Crippen MR) is 86.3 cm³/mol. The van der Waals surface area contributed by atoms with Crippen LogP contribution in [0.4, 0.5) is 4.79 Å². The number of nitrogens with one attached hydrogen (secondary N) is 1. The van der Waals surface area contributed by atoms with E-state index in [1.807, 2.05) is 0 Å². The minimum absolute atomic E-state index is 0.324. The molecule has 1 aromatic carbocycles. The monoisotopic (exact) mass is 334 g/mol. The van der Waals surface area contributed by atoms with E-state index in [1.54, 1.807) is 44.2 Å². The molecule has 7 nitrogen and oxygen atoms in total. The van der Waals surface area contributed by atoms with Crippen LogP contribution < -0.4 is 5.32 Å². The fourth-order valence-electron chi connectivity index (χ4n) is 2.75. The summed E-state index contributed by atoms with van der Waals surface area (Å²) in [6.07, 6.45) is 0.00742. The molecule has 1 fully saturated rings. The Morgan fingerprint density at radius 2 is 1.92 bits per heavy atom. The Hall–Kier alpha value is -2.57. The van der Waals surface area contributed by atoms with Crippen molar-refractivity contribution in [2.75, 3.05) is 6.54 Å². The van der Waals surface area contributed by atoms with Crippen LogP contribution in [0.3, 0.4) is 0 Å². The summed E-state index contributed by atoms with van der Waals surface area (Å²) in [5.74, 6) is -1.47. The Balaban J connectivity index is 2.23. The highest BCUT2D eigenvalue weighted by atomic mass is 16.6. The van der Waals surface area contributed by atoms with Crippen LogP contribution in [-0.4, -0.2) is 46.7 Å². The van der Waals surface area contributed by atoms with Gasteiger partial charge in [0, 0.05) is 6.54 Å². The van der Waals surface area contributed by atoms with Crippen LogP contribution in [0.25, 0.3) is 0 Å². The molecule has 2 atom stereocenters. The second-order valence-corrected chi connectivity index (χ2v) is 5.97. The van der Waals surface area contributed by atoms with E-state index < -0.39 is 30.1 Å². The molecule has 24 heavy (non-hydrogen) atoms. The number of alkyl carbamates (subject to hydrolysis) is 1. The van der Waals surface area contributed by atoms with Crippen molar-refractivity contribution in [1.82, 2.24) is 10.2 Å². The lowest BCUT2D eigenvalue weighted by molar-refractivity contribution is -0.149. The number of hydrogen-bond donors (Lipinski definition) is 2. The molecular weight excluding hydrogens is 312 g/mol. The van der Waals surface area contributed by atoms with Gasteiger partial charge in [-0.05, 0) is 32.3 Å². The van der Waals surface area contributed by atoms with E-state index in [0.717, 1.165) is 0 Å². The number of ether oxygens (including phenoxy) is 1. The first kappa shape index (κ1) is 17.8. The zero-order valence-electron chi connectivity index (χ0n) is 13.8. The van der Waals surface area contributed by atoms with Crippen LogP contribution in [0, 0.1) is 0 Å². The van der Waals surface area contributed by atoms with Gasteiger partial charge in [0.25, 0.3) is 5.91 Å². The van der Waals surface area contributed by atoms with Gasteiger partial charge in [-0.15, -0.1) is 0 Å². The van der Waals surface area contributed by atoms with Gasteiger partial charge in [0.05, 0.1) is 6.10 Å². The molecule has 1 heterocycles. The predicted octanol–water partition coefficient (Wildman–Crippen LogP) is 1.94. The van der Waals surface area contributed by atoms with Crippen molar-refractivity contribution in [3.63, 3.8) is 0 Å². The third kappa shape index (κ3) is 4.24. The standard InChI is InChI=1S/C17H22N2O5/c1-11(2)24-17(23)18-14(12-7-4-3-5-8-12)15(20)19-10-6-9-13(19)16(21)22/h3-5,7-8,11,13-14H,6,9-10H2,1-2H3,(H,18,23)(H,21,22)/t13-,14?/m0/s1. The number of nitrogens with zero attached hydrogens (tertiary/aromatic N) is 1. The zero-order valence-corrected chi connectivity index (χ0v) is 13.8. The number of amides is 2. The fourth-order valence-corrected chi connectivity index (χ4v) is 2.75. The summed E-state index contributed by atoms with van der Waals surface area (Å²) < 4.78 is 5.05. The molecule has 0 spiro atoms. The molecule has 2 amide bonds. The summed E-state index contributed by atoms with van der Waals surface area (Å²) in [7, 11) is 0. The fraction of sp³-hybridized carbons (Fsp3) is 0.471. The van der Waals surface area contributed by atoms with Gasteiger partial charge in [0.2, 0.25) is 0 Å². The molecule has 2 N–H and O–H groups in total. The number of aliphatic carboxylic acids is 1. The van der Waals surface area contributed by atoms with Crippen LogP contribution >= 0.6 is 0 Å². The number of carboxylic acids is 1. The average molecular weight is 334 g/mol. The van der Waals surface area contributed by atoms with Crippen molar-refractivity contribution in [3.8, 4) is 0 Å².